The van der Waals surface area contributed by atoms with Crippen LogP contribution < -0.4 is 5.32 Å². The summed E-state index contributed by atoms with van der Waals surface area (Å²) in [7, 11) is 0. The molecule has 0 amide bonds. The summed E-state index contributed by atoms with van der Waals surface area (Å²) in [5.41, 5.74) is 0.840. The molecule has 1 N–H and O–H groups in total. The van der Waals surface area contributed by atoms with Crippen LogP contribution >= 0.6 is 0 Å². The lowest BCUT2D eigenvalue weighted by Gasteiger charge is -2.23. The first-order valence-corrected chi connectivity index (χ1v) is 8.97. The van der Waals surface area contributed by atoms with Crippen molar-refractivity contribution in [3.8, 4) is 0 Å². The minimum atomic E-state index is -0.398. The van der Waals surface area contributed by atoms with Crippen molar-refractivity contribution in [2.24, 2.45) is 0 Å². The highest BCUT2D eigenvalue weighted by Crippen LogP contribution is 2.30. The molecule has 136 valence electrons. The molecule has 2 aromatic heterocycles. The molecule has 7 nitrogen and oxygen atoms in total. The molecular formula is C18H26N4O3. The van der Waals surface area contributed by atoms with Crippen LogP contribution in [0.3, 0.4) is 0 Å². The second kappa shape index (κ2) is 7.39. The van der Waals surface area contributed by atoms with Crippen molar-refractivity contribution in [3.63, 3.8) is 0 Å². The van der Waals surface area contributed by atoms with Gasteiger partial charge in [-0.2, -0.15) is 4.98 Å². The van der Waals surface area contributed by atoms with Crippen LogP contribution in [0.5, 0.6) is 0 Å². The number of rotatable bonds is 6. The SMILES string of the molecule is CCOC(=O)c1c(C)oc2nc(C)nc(NCC3CCCN3CC)c12. The highest BCUT2D eigenvalue weighted by Gasteiger charge is 2.26. The minimum absolute atomic E-state index is 0.313. The molecule has 1 atom stereocenters. The second-order valence-electron chi connectivity index (χ2n) is 6.36. The van der Waals surface area contributed by atoms with E-state index in [0.29, 0.717) is 46.7 Å². The van der Waals surface area contributed by atoms with Gasteiger partial charge in [-0.15, -0.1) is 0 Å². The van der Waals surface area contributed by atoms with Gasteiger partial charge in [0.2, 0.25) is 5.71 Å². The number of fused-ring (bicyclic) bond motifs is 1. The van der Waals surface area contributed by atoms with Crippen LogP contribution in [0.4, 0.5) is 5.82 Å². The van der Waals surface area contributed by atoms with Crippen LogP contribution in [0.25, 0.3) is 11.1 Å². The Hall–Kier alpha value is -2.15. The van der Waals surface area contributed by atoms with E-state index in [1.165, 1.54) is 12.8 Å². The zero-order chi connectivity index (χ0) is 18.0. The number of nitrogens with zero attached hydrogens (tertiary/aromatic N) is 3. The molecule has 0 aromatic carbocycles. The number of nitrogens with one attached hydrogen (secondary N) is 1. The number of ether oxygens (including phenoxy) is 1. The van der Waals surface area contributed by atoms with Gasteiger partial charge in [-0.3, -0.25) is 4.90 Å². The quantitative estimate of drug-likeness (QED) is 0.805. The monoisotopic (exact) mass is 346 g/mol. The molecule has 1 fully saturated rings. The van der Waals surface area contributed by atoms with Crippen molar-refractivity contribution < 1.29 is 13.9 Å². The van der Waals surface area contributed by atoms with Crippen molar-refractivity contribution in [1.29, 1.82) is 0 Å². The third kappa shape index (κ3) is 3.46. The van der Waals surface area contributed by atoms with Crippen molar-refractivity contribution >= 4 is 22.9 Å². The Morgan fingerprint density at radius 3 is 2.88 bits per heavy atom. The first kappa shape index (κ1) is 17.7. The average Bonchev–Trinajstić information content (AvgIpc) is 3.15. The lowest BCUT2D eigenvalue weighted by Crippen LogP contribution is -2.34. The van der Waals surface area contributed by atoms with Gasteiger partial charge in [0.25, 0.3) is 0 Å². The van der Waals surface area contributed by atoms with Crippen molar-refractivity contribution in [2.45, 2.75) is 46.6 Å². The summed E-state index contributed by atoms with van der Waals surface area (Å²) >= 11 is 0. The summed E-state index contributed by atoms with van der Waals surface area (Å²) in [6.45, 7) is 10.8. The molecule has 0 bridgehead atoms. The Bertz CT molecular complexity index is 771. The second-order valence-corrected chi connectivity index (χ2v) is 6.36. The van der Waals surface area contributed by atoms with Gasteiger partial charge in [-0.05, 0) is 46.7 Å². The number of hydrogen-bond donors (Lipinski definition) is 1. The highest BCUT2D eigenvalue weighted by molar-refractivity contribution is 6.07. The van der Waals surface area contributed by atoms with Crippen LogP contribution in [0.1, 0.15) is 48.6 Å². The topological polar surface area (TPSA) is 80.5 Å². The lowest BCUT2D eigenvalue weighted by atomic mass is 10.1. The molecule has 0 saturated carbocycles. The summed E-state index contributed by atoms with van der Waals surface area (Å²) in [5, 5.41) is 4.04. The summed E-state index contributed by atoms with van der Waals surface area (Å²) in [4.78, 5) is 23.7. The van der Waals surface area contributed by atoms with Crippen LogP contribution in [-0.4, -0.2) is 53.1 Å². The number of likely N-dealkylation sites (tertiary alicyclic amines) is 1. The fourth-order valence-electron chi connectivity index (χ4n) is 3.55. The van der Waals surface area contributed by atoms with Crippen LogP contribution in [0, 0.1) is 13.8 Å². The molecule has 1 saturated heterocycles. The van der Waals surface area contributed by atoms with Crippen molar-refractivity contribution in [2.75, 3.05) is 31.6 Å². The van der Waals surface area contributed by atoms with E-state index in [1.54, 1.807) is 13.8 Å². The molecule has 2 aromatic rings. The van der Waals surface area contributed by atoms with Gasteiger partial charge in [0.05, 0.1) is 12.0 Å². The van der Waals surface area contributed by atoms with E-state index in [2.05, 4.69) is 27.1 Å². The van der Waals surface area contributed by atoms with E-state index >= 15 is 0 Å². The maximum atomic E-state index is 12.4. The molecule has 1 unspecified atom stereocenters. The Kier molecular flexibility index (Phi) is 5.22. The number of aryl methyl sites for hydroxylation is 2. The highest BCUT2D eigenvalue weighted by atomic mass is 16.5. The zero-order valence-corrected chi connectivity index (χ0v) is 15.4. The fraction of sp³-hybridized carbons (Fsp3) is 0.611. The normalized spacial score (nSPS) is 18.0. The number of hydrogen-bond acceptors (Lipinski definition) is 7. The predicted octanol–water partition coefficient (Wildman–Crippen LogP) is 2.91. The minimum Gasteiger partial charge on any atom is -0.462 e. The third-order valence-electron chi connectivity index (χ3n) is 4.73. The molecule has 3 rings (SSSR count). The maximum absolute atomic E-state index is 12.4. The van der Waals surface area contributed by atoms with Gasteiger partial charge in [-0.25, -0.2) is 9.78 Å². The number of anilines is 1. The number of carbonyl (C=O) groups excluding carboxylic acids is 1. The maximum Gasteiger partial charge on any atom is 0.342 e. The molecule has 3 heterocycles. The van der Waals surface area contributed by atoms with Crippen molar-refractivity contribution in [1.82, 2.24) is 14.9 Å². The first-order chi connectivity index (χ1) is 12.0. The Labute approximate surface area is 147 Å². The standard InChI is InChI=1S/C18H26N4O3/c1-5-22-9-7-8-13(22)10-19-16-15-14(18(23)24-6-2)11(3)25-17(15)21-12(4)20-16/h13H,5-10H2,1-4H3,(H,19,20,21). The van der Waals surface area contributed by atoms with Gasteiger partial charge in [0.1, 0.15) is 23.0 Å². The largest absolute Gasteiger partial charge is 0.462 e. The van der Waals surface area contributed by atoms with Crippen LogP contribution in [0.2, 0.25) is 0 Å². The Morgan fingerprint density at radius 1 is 1.36 bits per heavy atom. The summed E-state index contributed by atoms with van der Waals surface area (Å²) in [5.74, 6) is 1.36. The first-order valence-electron chi connectivity index (χ1n) is 8.97. The number of aromatic nitrogens is 2. The third-order valence-corrected chi connectivity index (χ3v) is 4.73. The fourth-order valence-corrected chi connectivity index (χ4v) is 3.55. The number of furan rings is 1. The van der Waals surface area contributed by atoms with Gasteiger partial charge in [0, 0.05) is 12.6 Å². The van der Waals surface area contributed by atoms with Crippen molar-refractivity contribution in [3.05, 3.63) is 17.1 Å². The van der Waals surface area contributed by atoms with E-state index in [1.807, 2.05) is 6.92 Å². The van der Waals surface area contributed by atoms with E-state index in [9.17, 15) is 4.79 Å². The smallest absolute Gasteiger partial charge is 0.342 e. The summed E-state index contributed by atoms with van der Waals surface area (Å²) < 4.78 is 10.9. The van der Waals surface area contributed by atoms with Crippen LogP contribution in [0.15, 0.2) is 4.42 Å². The van der Waals surface area contributed by atoms with Crippen LogP contribution in [-0.2, 0) is 4.74 Å². The molecular weight excluding hydrogens is 320 g/mol. The molecule has 0 radical (unpaired) electrons. The summed E-state index contributed by atoms with van der Waals surface area (Å²) in [6.07, 6.45) is 2.39. The number of carbonyl (C=O) groups is 1. The van der Waals surface area contributed by atoms with Gasteiger partial charge >= 0.3 is 5.97 Å². The Balaban J connectivity index is 1.94. The van der Waals surface area contributed by atoms with Gasteiger partial charge in [-0.1, -0.05) is 6.92 Å². The molecule has 0 spiro atoms. The summed E-state index contributed by atoms with van der Waals surface area (Å²) in [6, 6.07) is 0.481. The number of esters is 1. The van der Waals surface area contributed by atoms with E-state index in [-0.39, 0.29) is 0 Å². The molecule has 25 heavy (non-hydrogen) atoms. The molecule has 0 aliphatic carbocycles. The number of likely N-dealkylation sites (N-methyl/N-ethyl adjacent to an activating group) is 1. The van der Waals surface area contributed by atoms with E-state index < -0.39 is 5.97 Å². The zero-order valence-electron chi connectivity index (χ0n) is 15.4. The van der Waals surface area contributed by atoms with E-state index in [4.69, 9.17) is 9.15 Å². The average molecular weight is 346 g/mol. The van der Waals surface area contributed by atoms with Gasteiger partial charge < -0.3 is 14.5 Å². The molecule has 1 aliphatic heterocycles. The predicted molar refractivity (Wildman–Crippen MR) is 96.0 cm³/mol. The van der Waals surface area contributed by atoms with E-state index in [0.717, 1.165) is 19.6 Å². The van der Waals surface area contributed by atoms with Gasteiger partial charge in [0.15, 0.2) is 0 Å². The molecule has 1 aliphatic rings. The molecule has 7 heteroatoms. The lowest BCUT2D eigenvalue weighted by molar-refractivity contribution is 0.0526. The Morgan fingerprint density at radius 2 is 2.16 bits per heavy atom.